The van der Waals surface area contributed by atoms with Gasteiger partial charge < -0.3 is 16.0 Å². The summed E-state index contributed by atoms with van der Waals surface area (Å²) >= 11 is 0. The Morgan fingerprint density at radius 2 is 1.86 bits per heavy atom. The van der Waals surface area contributed by atoms with Crippen molar-refractivity contribution in [2.24, 2.45) is 11.8 Å². The number of halogens is 1. The van der Waals surface area contributed by atoms with Crippen LogP contribution in [0.3, 0.4) is 0 Å². The molecule has 1 unspecified atom stereocenters. The minimum absolute atomic E-state index is 0. The topological polar surface area (TPSA) is 70.2 Å². The number of anilines is 2. The molecular formula is C16H22ClN3O2. The van der Waals surface area contributed by atoms with Crippen LogP contribution in [0.5, 0.6) is 0 Å². The Bertz CT molecular complexity index is 540. The van der Waals surface area contributed by atoms with E-state index in [4.69, 9.17) is 0 Å². The summed E-state index contributed by atoms with van der Waals surface area (Å²) in [7, 11) is 0. The van der Waals surface area contributed by atoms with Gasteiger partial charge in [0.25, 0.3) is 0 Å². The highest BCUT2D eigenvalue weighted by Crippen LogP contribution is 2.30. The van der Waals surface area contributed by atoms with Gasteiger partial charge in [-0.1, -0.05) is 6.07 Å². The van der Waals surface area contributed by atoms with Gasteiger partial charge in [-0.05, 0) is 56.5 Å². The summed E-state index contributed by atoms with van der Waals surface area (Å²) < 4.78 is 0. The third kappa shape index (κ3) is 4.71. The number of hydrogen-bond donors (Lipinski definition) is 3. The fourth-order valence-electron chi connectivity index (χ4n) is 2.63. The zero-order valence-corrected chi connectivity index (χ0v) is 13.2. The van der Waals surface area contributed by atoms with Crippen molar-refractivity contribution in [3.8, 4) is 0 Å². The average Bonchev–Trinajstić information content (AvgIpc) is 3.19. The van der Waals surface area contributed by atoms with E-state index in [9.17, 15) is 9.59 Å². The number of nitrogens with one attached hydrogen (secondary N) is 3. The van der Waals surface area contributed by atoms with Crippen molar-refractivity contribution in [1.29, 1.82) is 0 Å². The molecule has 3 N–H and O–H groups in total. The Hall–Kier alpha value is -1.59. The van der Waals surface area contributed by atoms with E-state index in [1.165, 1.54) is 0 Å². The maximum atomic E-state index is 12.0. The molecule has 6 heteroatoms. The van der Waals surface area contributed by atoms with Gasteiger partial charge in [-0.15, -0.1) is 12.4 Å². The van der Waals surface area contributed by atoms with Crippen molar-refractivity contribution < 1.29 is 9.59 Å². The van der Waals surface area contributed by atoms with E-state index in [1.54, 1.807) is 0 Å². The van der Waals surface area contributed by atoms with E-state index in [0.717, 1.165) is 43.7 Å². The quantitative estimate of drug-likeness (QED) is 0.779. The van der Waals surface area contributed by atoms with Gasteiger partial charge in [0.05, 0.1) is 0 Å². The third-order valence-electron chi connectivity index (χ3n) is 4.00. The van der Waals surface area contributed by atoms with E-state index < -0.39 is 0 Å². The van der Waals surface area contributed by atoms with Crippen molar-refractivity contribution >= 4 is 35.6 Å². The van der Waals surface area contributed by atoms with Crippen LogP contribution in [0.1, 0.15) is 25.7 Å². The molecule has 1 aliphatic heterocycles. The van der Waals surface area contributed by atoms with Gasteiger partial charge in [0.2, 0.25) is 11.8 Å². The molecule has 0 bridgehead atoms. The second-order valence-corrected chi connectivity index (χ2v) is 5.96. The second-order valence-electron chi connectivity index (χ2n) is 5.96. The minimum atomic E-state index is 0. The van der Waals surface area contributed by atoms with E-state index in [1.807, 2.05) is 24.3 Å². The Kier molecular flexibility index (Phi) is 5.80. The van der Waals surface area contributed by atoms with E-state index >= 15 is 0 Å². The third-order valence-corrected chi connectivity index (χ3v) is 4.00. The first kappa shape index (κ1) is 16.8. The van der Waals surface area contributed by atoms with Crippen LogP contribution in [-0.2, 0) is 9.59 Å². The van der Waals surface area contributed by atoms with E-state index in [2.05, 4.69) is 16.0 Å². The molecule has 22 heavy (non-hydrogen) atoms. The monoisotopic (exact) mass is 323 g/mol. The van der Waals surface area contributed by atoms with Crippen LogP contribution in [-0.4, -0.2) is 24.9 Å². The molecule has 120 valence electrons. The molecule has 1 saturated carbocycles. The van der Waals surface area contributed by atoms with Crippen molar-refractivity contribution in [2.75, 3.05) is 23.7 Å². The molecular weight excluding hydrogens is 302 g/mol. The number of hydrogen-bond acceptors (Lipinski definition) is 3. The molecule has 2 aliphatic rings. The van der Waals surface area contributed by atoms with Gasteiger partial charge in [0.1, 0.15) is 0 Å². The number of carbonyl (C=O) groups excluding carboxylic acids is 2. The van der Waals surface area contributed by atoms with Crippen LogP contribution in [0, 0.1) is 11.8 Å². The largest absolute Gasteiger partial charge is 0.326 e. The summed E-state index contributed by atoms with van der Waals surface area (Å²) in [6, 6.07) is 7.34. The standard InChI is InChI=1S/C16H21N3O2.ClH/c20-15(8-11-6-7-17-10-11)18-13-2-1-3-14(9-13)19-16(21)12-4-5-12;/h1-3,9,11-12,17H,4-8,10H2,(H,18,20)(H,19,21);1H. The lowest BCUT2D eigenvalue weighted by Crippen LogP contribution is -2.18. The fraction of sp³-hybridized carbons (Fsp3) is 0.500. The highest BCUT2D eigenvalue weighted by Gasteiger charge is 2.29. The molecule has 1 saturated heterocycles. The summed E-state index contributed by atoms with van der Waals surface area (Å²) in [4.78, 5) is 23.7. The predicted octanol–water partition coefficient (Wildman–Crippen LogP) is 2.40. The Morgan fingerprint density at radius 1 is 1.14 bits per heavy atom. The highest BCUT2D eigenvalue weighted by atomic mass is 35.5. The molecule has 3 rings (SSSR count). The zero-order chi connectivity index (χ0) is 14.7. The molecule has 1 aromatic carbocycles. The van der Waals surface area contributed by atoms with Crippen LogP contribution in [0.4, 0.5) is 11.4 Å². The van der Waals surface area contributed by atoms with E-state index in [-0.39, 0.29) is 30.1 Å². The maximum absolute atomic E-state index is 12.0. The lowest BCUT2D eigenvalue weighted by Gasteiger charge is -2.10. The maximum Gasteiger partial charge on any atom is 0.227 e. The molecule has 2 fully saturated rings. The molecule has 0 aromatic heterocycles. The molecule has 0 spiro atoms. The summed E-state index contributed by atoms with van der Waals surface area (Å²) in [5.74, 6) is 0.728. The van der Waals surface area contributed by atoms with Crippen LogP contribution in [0.25, 0.3) is 0 Å². The molecule has 2 amide bonds. The van der Waals surface area contributed by atoms with Gasteiger partial charge in [-0.25, -0.2) is 0 Å². The summed E-state index contributed by atoms with van der Waals surface area (Å²) in [5.41, 5.74) is 1.48. The summed E-state index contributed by atoms with van der Waals surface area (Å²) in [6.45, 7) is 1.92. The van der Waals surface area contributed by atoms with Crippen LogP contribution >= 0.6 is 12.4 Å². The summed E-state index contributed by atoms with van der Waals surface area (Å²) in [6.07, 6.45) is 3.58. The Labute approximate surface area is 136 Å². The summed E-state index contributed by atoms with van der Waals surface area (Å²) in [5, 5.41) is 9.06. The number of benzene rings is 1. The molecule has 5 nitrogen and oxygen atoms in total. The number of rotatable bonds is 5. The normalized spacial score (nSPS) is 20.1. The first-order valence-electron chi connectivity index (χ1n) is 7.62. The number of carbonyl (C=O) groups is 2. The Morgan fingerprint density at radius 3 is 2.50 bits per heavy atom. The van der Waals surface area contributed by atoms with Crippen molar-refractivity contribution in [3.63, 3.8) is 0 Å². The van der Waals surface area contributed by atoms with Crippen molar-refractivity contribution in [2.45, 2.75) is 25.7 Å². The lowest BCUT2D eigenvalue weighted by atomic mass is 10.0. The molecule has 1 aromatic rings. The fourth-order valence-corrected chi connectivity index (χ4v) is 2.63. The highest BCUT2D eigenvalue weighted by molar-refractivity contribution is 5.96. The lowest BCUT2D eigenvalue weighted by molar-refractivity contribution is -0.117. The van der Waals surface area contributed by atoms with Gasteiger partial charge in [-0.2, -0.15) is 0 Å². The zero-order valence-electron chi connectivity index (χ0n) is 12.4. The van der Waals surface area contributed by atoms with Gasteiger partial charge in [0.15, 0.2) is 0 Å². The minimum Gasteiger partial charge on any atom is -0.326 e. The van der Waals surface area contributed by atoms with Crippen molar-refractivity contribution in [1.82, 2.24) is 5.32 Å². The van der Waals surface area contributed by atoms with Crippen LogP contribution in [0.15, 0.2) is 24.3 Å². The van der Waals surface area contributed by atoms with Gasteiger partial charge >= 0.3 is 0 Å². The van der Waals surface area contributed by atoms with E-state index in [0.29, 0.717) is 12.3 Å². The predicted molar refractivity (Wildman–Crippen MR) is 89.3 cm³/mol. The van der Waals surface area contributed by atoms with Crippen LogP contribution < -0.4 is 16.0 Å². The molecule has 0 radical (unpaired) electrons. The SMILES string of the molecule is Cl.O=C(CC1CCNC1)Nc1cccc(NC(=O)C2CC2)c1. The van der Waals surface area contributed by atoms with Gasteiger partial charge in [0, 0.05) is 23.7 Å². The number of amides is 2. The molecule has 1 atom stereocenters. The average molecular weight is 324 g/mol. The first-order chi connectivity index (χ1) is 10.2. The van der Waals surface area contributed by atoms with Gasteiger partial charge in [-0.3, -0.25) is 9.59 Å². The molecule has 1 heterocycles. The smallest absolute Gasteiger partial charge is 0.227 e. The molecule has 1 aliphatic carbocycles. The first-order valence-corrected chi connectivity index (χ1v) is 7.62. The second kappa shape index (κ2) is 7.61. The van der Waals surface area contributed by atoms with Crippen molar-refractivity contribution in [3.05, 3.63) is 24.3 Å². The Balaban J connectivity index is 0.00000176. The van der Waals surface area contributed by atoms with Crippen LogP contribution in [0.2, 0.25) is 0 Å².